The van der Waals surface area contributed by atoms with Crippen LogP contribution in [0.15, 0.2) is 54.6 Å². The van der Waals surface area contributed by atoms with E-state index in [1.807, 2.05) is 30.3 Å². The van der Waals surface area contributed by atoms with Gasteiger partial charge in [-0.15, -0.1) is 0 Å². The SMILES string of the molecule is CC(C)(C)N(C(=O)O)[C@@H](Cc1ccccc1)[C@H](O)CNCc1ccccc1C(F)(F)F. The minimum atomic E-state index is -4.47. The number of carboxylic acid groups (broad SMARTS) is 1. The second-order valence-corrected chi connectivity index (χ2v) is 8.43. The average molecular weight is 438 g/mol. The molecule has 0 unspecified atom stereocenters. The highest BCUT2D eigenvalue weighted by Crippen LogP contribution is 2.31. The Balaban J connectivity index is 2.18. The third kappa shape index (κ3) is 6.97. The van der Waals surface area contributed by atoms with Gasteiger partial charge in [-0.1, -0.05) is 48.5 Å². The number of nitrogens with one attached hydrogen (secondary N) is 1. The number of amides is 1. The molecule has 0 aliphatic carbocycles. The third-order valence-electron chi connectivity index (χ3n) is 4.98. The molecular weight excluding hydrogens is 409 g/mol. The van der Waals surface area contributed by atoms with Gasteiger partial charge in [0.1, 0.15) is 0 Å². The van der Waals surface area contributed by atoms with E-state index in [0.717, 1.165) is 11.6 Å². The number of benzene rings is 2. The summed E-state index contributed by atoms with van der Waals surface area (Å²) in [7, 11) is 0. The second-order valence-electron chi connectivity index (χ2n) is 8.43. The average Bonchev–Trinajstić information content (AvgIpc) is 2.66. The molecule has 0 radical (unpaired) electrons. The minimum Gasteiger partial charge on any atom is -0.465 e. The van der Waals surface area contributed by atoms with Crippen molar-refractivity contribution in [2.24, 2.45) is 0 Å². The van der Waals surface area contributed by atoms with Crippen molar-refractivity contribution in [3.63, 3.8) is 0 Å². The number of rotatable bonds is 8. The van der Waals surface area contributed by atoms with Gasteiger partial charge in [-0.3, -0.25) is 4.90 Å². The Morgan fingerprint density at radius 2 is 1.61 bits per heavy atom. The summed E-state index contributed by atoms with van der Waals surface area (Å²) in [5, 5.41) is 23.5. The van der Waals surface area contributed by atoms with E-state index in [1.165, 1.54) is 23.1 Å². The number of aliphatic hydroxyl groups excluding tert-OH is 1. The molecule has 2 aromatic rings. The zero-order valence-corrected chi connectivity index (χ0v) is 17.9. The Morgan fingerprint density at radius 1 is 1.03 bits per heavy atom. The lowest BCUT2D eigenvalue weighted by Crippen LogP contribution is -2.58. The molecule has 0 bridgehead atoms. The first-order valence-corrected chi connectivity index (χ1v) is 10.0. The predicted octanol–water partition coefficient (Wildman–Crippen LogP) is 4.55. The summed E-state index contributed by atoms with van der Waals surface area (Å²) in [6.45, 7) is 5.04. The molecule has 0 fully saturated rings. The van der Waals surface area contributed by atoms with Crippen molar-refractivity contribution < 1.29 is 28.2 Å². The van der Waals surface area contributed by atoms with E-state index in [1.54, 1.807) is 20.8 Å². The molecule has 0 saturated carbocycles. The standard InChI is InChI=1S/C23H29F3N2O3/c1-22(2,3)28(21(30)31)19(13-16-9-5-4-6-10-16)20(29)15-27-14-17-11-7-8-12-18(17)23(24,25)26/h4-12,19-20,27,29H,13-15H2,1-3H3,(H,30,31)/t19-,20+/m0/s1. The number of carbonyl (C=O) groups is 1. The van der Waals surface area contributed by atoms with E-state index in [2.05, 4.69) is 5.32 Å². The smallest absolute Gasteiger partial charge is 0.416 e. The molecule has 31 heavy (non-hydrogen) atoms. The summed E-state index contributed by atoms with van der Waals surface area (Å²) < 4.78 is 39.5. The summed E-state index contributed by atoms with van der Waals surface area (Å²) in [4.78, 5) is 13.2. The first-order chi connectivity index (χ1) is 14.4. The van der Waals surface area contributed by atoms with Crippen molar-refractivity contribution in [2.75, 3.05) is 6.54 Å². The molecule has 3 N–H and O–H groups in total. The highest BCUT2D eigenvalue weighted by atomic mass is 19.4. The van der Waals surface area contributed by atoms with Crippen LogP contribution in [0.3, 0.4) is 0 Å². The molecule has 2 aromatic carbocycles. The number of hydrogen-bond donors (Lipinski definition) is 3. The van der Waals surface area contributed by atoms with Crippen LogP contribution in [-0.4, -0.2) is 45.4 Å². The molecule has 0 aromatic heterocycles. The van der Waals surface area contributed by atoms with Crippen molar-refractivity contribution >= 4 is 6.09 Å². The lowest BCUT2D eigenvalue weighted by Gasteiger charge is -2.42. The Hall–Kier alpha value is -2.58. The normalized spacial score (nSPS) is 14.2. The maximum atomic E-state index is 13.2. The molecule has 2 rings (SSSR count). The highest BCUT2D eigenvalue weighted by Gasteiger charge is 2.37. The van der Waals surface area contributed by atoms with Gasteiger partial charge in [0.2, 0.25) is 0 Å². The molecular formula is C23H29F3N2O3. The van der Waals surface area contributed by atoms with Gasteiger partial charge in [0.15, 0.2) is 0 Å². The summed E-state index contributed by atoms with van der Waals surface area (Å²) in [5.41, 5.74) is -0.605. The van der Waals surface area contributed by atoms with Crippen LogP contribution < -0.4 is 5.32 Å². The van der Waals surface area contributed by atoms with Crippen molar-refractivity contribution in [3.05, 3.63) is 71.3 Å². The van der Waals surface area contributed by atoms with Gasteiger partial charge < -0.3 is 15.5 Å². The predicted molar refractivity (Wildman–Crippen MR) is 113 cm³/mol. The van der Waals surface area contributed by atoms with Crippen LogP contribution in [0.5, 0.6) is 0 Å². The first-order valence-electron chi connectivity index (χ1n) is 10.0. The molecule has 0 saturated heterocycles. The summed E-state index contributed by atoms with van der Waals surface area (Å²) >= 11 is 0. The van der Waals surface area contributed by atoms with Crippen molar-refractivity contribution in [2.45, 2.75) is 57.6 Å². The lowest BCUT2D eigenvalue weighted by molar-refractivity contribution is -0.138. The zero-order valence-electron chi connectivity index (χ0n) is 17.9. The van der Waals surface area contributed by atoms with Crippen LogP contribution in [0.2, 0.25) is 0 Å². The molecule has 5 nitrogen and oxygen atoms in total. The summed E-state index contributed by atoms with van der Waals surface area (Å²) in [6, 6.07) is 13.6. The highest BCUT2D eigenvalue weighted by molar-refractivity contribution is 5.66. The van der Waals surface area contributed by atoms with Gasteiger partial charge >= 0.3 is 12.3 Å². The van der Waals surface area contributed by atoms with Crippen LogP contribution >= 0.6 is 0 Å². The molecule has 0 aliphatic rings. The van der Waals surface area contributed by atoms with Gasteiger partial charge in [-0.25, -0.2) is 4.79 Å². The topological polar surface area (TPSA) is 72.8 Å². The van der Waals surface area contributed by atoms with Gasteiger partial charge in [0, 0.05) is 18.6 Å². The minimum absolute atomic E-state index is 0.0627. The molecule has 8 heteroatoms. The van der Waals surface area contributed by atoms with Crippen LogP contribution in [0.1, 0.15) is 37.5 Å². The number of nitrogens with zero attached hydrogens (tertiary/aromatic N) is 1. The lowest BCUT2D eigenvalue weighted by atomic mass is 9.94. The van der Waals surface area contributed by atoms with E-state index in [0.29, 0.717) is 0 Å². The molecule has 0 heterocycles. The quantitative estimate of drug-likeness (QED) is 0.566. The van der Waals surface area contributed by atoms with E-state index in [9.17, 15) is 28.2 Å². The Bertz CT molecular complexity index is 851. The number of halogens is 3. The fraction of sp³-hybridized carbons (Fsp3) is 0.435. The maximum Gasteiger partial charge on any atom is 0.416 e. The van der Waals surface area contributed by atoms with Crippen LogP contribution in [0, 0.1) is 0 Å². The van der Waals surface area contributed by atoms with Gasteiger partial charge in [0.05, 0.1) is 17.7 Å². The van der Waals surface area contributed by atoms with Gasteiger partial charge in [-0.2, -0.15) is 13.2 Å². The summed E-state index contributed by atoms with van der Waals surface area (Å²) in [5.74, 6) is 0. The van der Waals surface area contributed by atoms with Crippen LogP contribution in [0.4, 0.5) is 18.0 Å². The second kappa shape index (κ2) is 10.2. The van der Waals surface area contributed by atoms with Crippen LogP contribution in [-0.2, 0) is 19.1 Å². The van der Waals surface area contributed by atoms with Crippen molar-refractivity contribution in [1.82, 2.24) is 10.2 Å². The molecule has 2 atom stereocenters. The maximum absolute atomic E-state index is 13.2. The van der Waals surface area contributed by atoms with Gasteiger partial charge in [0.25, 0.3) is 0 Å². The Morgan fingerprint density at radius 3 is 2.16 bits per heavy atom. The fourth-order valence-corrected chi connectivity index (χ4v) is 3.62. The molecule has 0 aliphatic heterocycles. The number of aliphatic hydroxyl groups is 1. The molecule has 170 valence electrons. The number of alkyl halides is 3. The van der Waals surface area contributed by atoms with E-state index < -0.39 is 35.5 Å². The molecule has 1 amide bonds. The van der Waals surface area contributed by atoms with Crippen LogP contribution in [0.25, 0.3) is 0 Å². The third-order valence-corrected chi connectivity index (χ3v) is 4.98. The number of hydrogen-bond acceptors (Lipinski definition) is 3. The Kier molecular flexibility index (Phi) is 8.08. The van der Waals surface area contributed by atoms with E-state index in [4.69, 9.17) is 0 Å². The van der Waals surface area contributed by atoms with Crippen molar-refractivity contribution in [1.29, 1.82) is 0 Å². The van der Waals surface area contributed by atoms with Gasteiger partial charge in [-0.05, 0) is 44.4 Å². The van der Waals surface area contributed by atoms with E-state index >= 15 is 0 Å². The fourth-order valence-electron chi connectivity index (χ4n) is 3.62. The molecule has 0 spiro atoms. The largest absolute Gasteiger partial charge is 0.465 e. The van der Waals surface area contributed by atoms with E-state index in [-0.39, 0.29) is 25.1 Å². The monoisotopic (exact) mass is 438 g/mol. The zero-order chi connectivity index (χ0) is 23.2. The first kappa shape index (κ1) is 24.7. The Labute approximate surface area is 180 Å². The van der Waals surface area contributed by atoms with Crippen molar-refractivity contribution in [3.8, 4) is 0 Å². The summed E-state index contributed by atoms with van der Waals surface area (Å²) in [6.07, 6.45) is -6.51.